The first-order valence-corrected chi connectivity index (χ1v) is 7.24. The number of fused-ring (bicyclic) bond motifs is 1. The number of nitrogens with one attached hydrogen (secondary N) is 1. The Hall–Kier alpha value is -0.380. The van der Waals surface area contributed by atoms with Gasteiger partial charge in [-0.15, -0.1) is 0 Å². The van der Waals surface area contributed by atoms with Gasteiger partial charge in [-0.25, -0.2) is 0 Å². The lowest BCUT2D eigenvalue weighted by molar-refractivity contribution is 0.242. The minimum atomic E-state index is 0.777. The standard InChI is InChI=1S/C13H20N2S/c1-10-13-7-14-6-12(13)8-15(10)4-2-11-3-5-16-9-11/h3,5,9-10,12-14H,2,4,6-8H2,1H3. The van der Waals surface area contributed by atoms with Crippen molar-refractivity contribution in [2.24, 2.45) is 11.8 Å². The molecule has 88 valence electrons. The summed E-state index contributed by atoms with van der Waals surface area (Å²) in [7, 11) is 0. The van der Waals surface area contributed by atoms with Gasteiger partial charge in [0, 0.05) is 19.1 Å². The smallest absolute Gasteiger partial charge is 0.0111 e. The fourth-order valence-electron chi connectivity index (χ4n) is 3.26. The fraction of sp³-hybridized carbons (Fsp3) is 0.692. The molecule has 2 saturated heterocycles. The van der Waals surface area contributed by atoms with Gasteiger partial charge in [0.1, 0.15) is 0 Å². The lowest BCUT2D eigenvalue weighted by Gasteiger charge is -2.23. The first-order valence-electron chi connectivity index (χ1n) is 6.30. The van der Waals surface area contributed by atoms with Gasteiger partial charge in [-0.3, -0.25) is 4.90 Å². The Morgan fingerprint density at radius 2 is 2.44 bits per heavy atom. The molecule has 0 amide bonds. The zero-order valence-electron chi connectivity index (χ0n) is 9.86. The molecule has 3 heteroatoms. The summed E-state index contributed by atoms with van der Waals surface area (Å²) in [5.74, 6) is 1.82. The summed E-state index contributed by atoms with van der Waals surface area (Å²) >= 11 is 1.81. The Kier molecular flexibility index (Phi) is 3.01. The highest BCUT2D eigenvalue weighted by atomic mass is 32.1. The van der Waals surface area contributed by atoms with E-state index in [4.69, 9.17) is 0 Å². The molecule has 2 nitrogen and oxygen atoms in total. The molecule has 2 fully saturated rings. The highest BCUT2D eigenvalue weighted by Gasteiger charge is 2.41. The summed E-state index contributed by atoms with van der Waals surface area (Å²) in [4.78, 5) is 2.69. The van der Waals surface area contributed by atoms with E-state index in [1.807, 2.05) is 11.3 Å². The van der Waals surface area contributed by atoms with Crippen LogP contribution in [0.4, 0.5) is 0 Å². The molecule has 2 aliphatic heterocycles. The minimum Gasteiger partial charge on any atom is -0.316 e. The summed E-state index contributed by atoms with van der Waals surface area (Å²) in [6.07, 6.45) is 1.22. The van der Waals surface area contributed by atoms with Crippen LogP contribution in [0, 0.1) is 11.8 Å². The third kappa shape index (κ3) is 1.92. The maximum absolute atomic E-state index is 3.52. The molecule has 0 saturated carbocycles. The summed E-state index contributed by atoms with van der Waals surface area (Å²) < 4.78 is 0. The van der Waals surface area contributed by atoms with Gasteiger partial charge in [-0.05, 0) is 60.7 Å². The molecule has 3 atom stereocenters. The molecule has 16 heavy (non-hydrogen) atoms. The van der Waals surface area contributed by atoms with Crippen molar-refractivity contribution in [3.8, 4) is 0 Å². The number of hydrogen-bond acceptors (Lipinski definition) is 3. The molecular weight excluding hydrogens is 216 g/mol. The van der Waals surface area contributed by atoms with Crippen LogP contribution in [0.1, 0.15) is 12.5 Å². The molecule has 0 radical (unpaired) electrons. The number of hydrogen-bond donors (Lipinski definition) is 1. The molecule has 0 spiro atoms. The average Bonchev–Trinajstić information content (AvgIpc) is 2.96. The fourth-order valence-corrected chi connectivity index (χ4v) is 3.96. The van der Waals surface area contributed by atoms with Gasteiger partial charge in [0.25, 0.3) is 0 Å². The van der Waals surface area contributed by atoms with E-state index < -0.39 is 0 Å². The maximum atomic E-state index is 3.52. The van der Waals surface area contributed by atoms with Crippen molar-refractivity contribution in [3.63, 3.8) is 0 Å². The van der Waals surface area contributed by atoms with Crippen molar-refractivity contribution in [1.29, 1.82) is 0 Å². The largest absolute Gasteiger partial charge is 0.316 e. The Morgan fingerprint density at radius 3 is 3.19 bits per heavy atom. The van der Waals surface area contributed by atoms with Crippen LogP contribution in [-0.2, 0) is 6.42 Å². The number of rotatable bonds is 3. The van der Waals surface area contributed by atoms with E-state index in [1.165, 1.54) is 38.2 Å². The molecule has 3 rings (SSSR count). The summed E-state index contributed by atoms with van der Waals surface area (Å²) in [6.45, 7) is 7.43. The van der Waals surface area contributed by atoms with Crippen molar-refractivity contribution < 1.29 is 0 Å². The summed E-state index contributed by atoms with van der Waals surface area (Å²) in [5.41, 5.74) is 1.51. The number of nitrogens with zero attached hydrogens (tertiary/aromatic N) is 1. The van der Waals surface area contributed by atoms with Crippen molar-refractivity contribution in [2.45, 2.75) is 19.4 Å². The predicted molar refractivity (Wildman–Crippen MR) is 68.9 cm³/mol. The molecule has 0 aromatic carbocycles. The highest BCUT2D eigenvalue weighted by Crippen LogP contribution is 2.32. The van der Waals surface area contributed by atoms with E-state index in [0.717, 1.165) is 17.9 Å². The second kappa shape index (κ2) is 4.47. The van der Waals surface area contributed by atoms with Crippen LogP contribution in [0.2, 0.25) is 0 Å². The van der Waals surface area contributed by atoms with E-state index in [0.29, 0.717) is 0 Å². The van der Waals surface area contributed by atoms with Crippen LogP contribution >= 0.6 is 11.3 Å². The van der Waals surface area contributed by atoms with Crippen LogP contribution in [0.15, 0.2) is 16.8 Å². The SMILES string of the molecule is CC1C2CNCC2CN1CCc1ccsc1. The van der Waals surface area contributed by atoms with Crippen molar-refractivity contribution >= 4 is 11.3 Å². The van der Waals surface area contributed by atoms with Crippen LogP contribution < -0.4 is 5.32 Å². The molecule has 3 unspecified atom stereocenters. The van der Waals surface area contributed by atoms with E-state index >= 15 is 0 Å². The first-order chi connectivity index (χ1) is 7.84. The monoisotopic (exact) mass is 236 g/mol. The number of thiophene rings is 1. The third-order valence-electron chi connectivity index (χ3n) is 4.32. The Labute approximate surface area is 102 Å². The van der Waals surface area contributed by atoms with Gasteiger partial charge in [0.2, 0.25) is 0 Å². The zero-order valence-corrected chi connectivity index (χ0v) is 10.7. The molecule has 2 aliphatic rings. The van der Waals surface area contributed by atoms with Crippen LogP contribution in [0.25, 0.3) is 0 Å². The maximum Gasteiger partial charge on any atom is 0.0111 e. The minimum absolute atomic E-state index is 0.777. The summed E-state index contributed by atoms with van der Waals surface area (Å²) in [5, 5.41) is 7.98. The second-order valence-electron chi connectivity index (χ2n) is 5.20. The normalized spacial score (nSPS) is 34.4. The van der Waals surface area contributed by atoms with Gasteiger partial charge in [0.15, 0.2) is 0 Å². The Balaban J connectivity index is 1.56. The van der Waals surface area contributed by atoms with Crippen LogP contribution in [0.5, 0.6) is 0 Å². The van der Waals surface area contributed by atoms with Crippen molar-refractivity contribution in [3.05, 3.63) is 22.4 Å². The molecule has 0 bridgehead atoms. The Morgan fingerprint density at radius 1 is 1.50 bits per heavy atom. The molecular formula is C13H20N2S. The lowest BCUT2D eigenvalue weighted by atomic mass is 9.95. The van der Waals surface area contributed by atoms with Crippen molar-refractivity contribution in [2.75, 3.05) is 26.2 Å². The number of likely N-dealkylation sites (tertiary alicyclic amines) is 1. The van der Waals surface area contributed by atoms with Gasteiger partial charge in [-0.2, -0.15) is 11.3 Å². The van der Waals surface area contributed by atoms with E-state index in [9.17, 15) is 0 Å². The van der Waals surface area contributed by atoms with E-state index in [-0.39, 0.29) is 0 Å². The second-order valence-corrected chi connectivity index (χ2v) is 5.98. The summed E-state index contributed by atoms with van der Waals surface area (Å²) in [6, 6.07) is 3.03. The van der Waals surface area contributed by atoms with Gasteiger partial charge in [-0.1, -0.05) is 0 Å². The molecule has 1 aromatic heterocycles. The average molecular weight is 236 g/mol. The first kappa shape index (κ1) is 10.8. The van der Waals surface area contributed by atoms with Crippen molar-refractivity contribution in [1.82, 2.24) is 10.2 Å². The molecule has 3 heterocycles. The lowest BCUT2D eigenvalue weighted by Crippen LogP contribution is -2.34. The zero-order chi connectivity index (χ0) is 11.0. The topological polar surface area (TPSA) is 15.3 Å². The predicted octanol–water partition coefficient (Wildman–Crippen LogP) is 1.83. The van der Waals surface area contributed by atoms with E-state index in [1.54, 1.807) is 0 Å². The van der Waals surface area contributed by atoms with Gasteiger partial charge in [0.05, 0.1) is 0 Å². The molecule has 0 aliphatic carbocycles. The van der Waals surface area contributed by atoms with Crippen LogP contribution in [-0.4, -0.2) is 37.1 Å². The Bertz CT molecular complexity index is 336. The third-order valence-corrected chi connectivity index (χ3v) is 5.06. The van der Waals surface area contributed by atoms with Crippen LogP contribution in [0.3, 0.4) is 0 Å². The van der Waals surface area contributed by atoms with E-state index in [2.05, 4.69) is 34.0 Å². The molecule has 1 N–H and O–H groups in total. The molecule has 1 aromatic rings. The van der Waals surface area contributed by atoms with Gasteiger partial charge < -0.3 is 5.32 Å². The quantitative estimate of drug-likeness (QED) is 0.861. The highest BCUT2D eigenvalue weighted by molar-refractivity contribution is 7.07. The van der Waals surface area contributed by atoms with Gasteiger partial charge >= 0.3 is 0 Å².